The van der Waals surface area contributed by atoms with Crippen LogP contribution in [0.5, 0.6) is 0 Å². The van der Waals surface area contributed by atoms with E-state index in [1.807, 2.05) is 36.9 Å². The van der Waals surface area contributed by atoms with Gasteiger partial charge >= 0.3 is 0 Å². The van der Waals surface area contributed by atoms with Crippen molar-refractivity contribution in [2.24, 2.45) is 5.92 Å². The third-order valence-electron chi connectivity index (χ3n) is 5.08. The lowest BCUT2D eigenvalue weighted by Crippen LogP contribution is -2.49. The van der Waals surface area contributed by atoms with Crippen LogP contribution in [0.3, 0.4) is 0 Å². The molecular weight excluding hydrogens is 320 g/mol. The highest BCUT2D eigenvalue weighted by molar-refractivity contribution is 7.99. The van der Waals surface area contributed by atoms with Gasteiger partial charge in [0, 0.05) is 37.8 Å². The zero-order valence-electron chi connectivity index (χ0n) is 14.4. The zero-order chi connectivity index (χ0) is 16.8. The molecule has 0 unspecified atom stereocenters. The Kier molecular flexibility index (Phi) is 6.58. The van der Waals surface area contributed by atoms with Gasteiger partial charge < -0.3 is 10.1 Å². The molecule has 3 rings (SSSR count). The lowest BCUT2D eigenvalue weighted by atomic mass is 9.94. The molecule has 1 amide bonds. The molecule has 1 aromatic carbocycles. The summed E-state index contributed by atoms with van der Waals surface area (Å²) in [6.07, 6.45) is 2.05. The van der Waals surface area contributed by atoms with Gasteiger partial charge in [0.05, 0.1) is 12.1 Å². The third kappa shape index (κ3) is 4.74. The number of nitrogens with one attached hydrogen (secondary N) is 1. The quantitative estimate of drug-likeness (QED) is 0.858. The highest BCUT2D eigenvalue weighted by atomic mass is 32.2. The Labute approximate surface area is 149 Å². The normalized spacial score (nSPS) is 24.5. The number of nitrogens with zero attached hydrogens (tertiary/aromatic N) is 1. The monoisotopic (exact) mass is 348 g/mol. The first kappa shape index (κ1) is 17.8. The third-order valence-corrected chi connectivity index (χ3v) is 6.03. The lowest BCUT2D eigenvalue weighted by Gasteiger charge is -2.32. The smallest absolute Gasteiger partial charge is 0.237 e. The molecule has 4 nitrogen and oxygen atoms in total. The van der Waals surface area contributed by atoms with Crippen molar-refractivity contribution in [1.29, 1.82) is 0 Å². The van der Waals surface area contributed by atoms with E-state index in [9.17, 15) is 4.79 Å². The van der Waals surface area contributed by atoms with Crippen molar-refractivity contribution in [1.82, 2.24) is 10.2 Å². The minimum absolute atomic E-state index is 0.0584. The number of hydrogen-bond acceptors (Lipinski definition) is 4. The number of hydrogen-bond donors (Lipinski definition) is 1. The van der Waals surface area contributed by atoms with Crippen molar-refractivity contribution >= 4 is 17.7 Å². The van der Waals surface area contributed by atoms with Crippen LogP contribution in [0.1, 0.15) is 31.4 Å². The Bertz CT molecular complexity index is 513. The average Bonchev–Trinajstić information content (AvgIpc) is 3.15. The predicted molar refractivity (Wildman–Crippen MR) is 99.2 cm³/mol. The summed E-state index contributed by atoms with van der Waals surface area (Å²) in [6, 6.07) is 10.4. The maximum atomic E-state index is 12.8. The molecule has 1 N–H and O–H groups in total. The summed E-state index contributed by atoms with van der Waals surface area (Å²) in [5.74, 6) is 2.94. The van der Waals surface area contributed by atoms with Gasteiger partial charge in [0.1, 0.15) is 0 Å². The molecule has 2 aliphatic rings. The Morgan fingerprint density at radius 1 is 1.33 bits per heavy atom. The van der Waals surface area contributed by atoms with Gasteiger partial charge in [0.25, 0.3) is 0 Å². The number of carbonyl (C=O) groups excluding carboxylic acids is 1. The minimum Gasteiger partial charge on any atom is -0.381 e. The van der Waals surface area contributed by atoms with Gasteiger partial charge in [-0.25, -0.2) is 0 Å². The summed E-state index contributed by atoms with van der Waals surface area (Å²) in [6.45, 7) is 5.71. The fourth-order valence-electron chi connectivity index (χ4n) is 3.49. The molecule has 0 saturated carbocycles. The second-order valence-corrected chi connectivity index (χ2v) is 7.99. The number of benzene rings is 1. The molecular formula is C19H28N2O2S. The molecule has 0 aromatic heterocycles. The molecule has 2 heterocycles. The van der Waals surface area contributed by atoms with Crippen molar-refractivity contribution < 1.29 is 9.53 Å². The number of thioether (sulfide) groups is 1. The topological polar surface area (TPSA) is 41.6 Å². The van der Waals surface area contributed by atoms with E-state index in [4.69, 9.17) is 4.74 Å². The largest absolute Gasteiger partial charge is 0.381 e. The highest BCUT2D eigenvalue weighted by Crippen LogP contribution is 2.27. The van der Waals surface area contributed by atoms with Gasteiger partial charge in [-0.15, -0.1) is 0 Å². The summed E-state index contributed by atoms with van der Waals surface area (Å²) in [5, 5.41) is 3.31. The first-order valence-corrected chi connectivity index (χ1v) is 10.1. The number of ether oxygens (including phenoxy) is 1. The van der Waals surface area contributed by atoms with Crippen LogP contribution in [-0.4, -0.2) is 54.7 Å². The number of rotatable bonds is 6. The van der Waals surface area contributed by atoms with Crippen LogP contribution in [-0.2, 0) is 9.53 Å². The lowest BCUT2D eigenvalue weighted by molar-refractivity contribution is -0.126. The first-order chi connectivity index (χ1) is 11.7. The first-order valence-electron chi connectivity index (χ1n) is 8.99. The molecule has 5 heteroatoms. The SMILES string of the molecule is C[C@@H](C(=O)N[C@H](C[C@@H]1CCOC1)c1ccccc1)N1CCSCC1. The van der Waals surface area contributed by atoms with E-state index < -0.39 is 0 Å². The van der Waals surface area contributed by atoms with Gasteiger partial charge in [0.2, 0.25) is 5.91 Å². The van der Waals surface area contributed by atoms with Crippen molar-refractivity contribution in [3.8, 4) is 0 Å². The number of amides is 1. The van der Waals surface area contributed by atoms with Gasteiger partial charge in [-0.05, 0) is 31.2 Å². The van der Waals surface area contributed by atoms with Crippen molar-refractivity contribution in [2.45, 2.75) is 31.8 Å². The van der Waals surface area contributed by atoms with Gasteiger partial charge in [-0.2, -0.15) is 11.8 Å². The van der Waals surface area contributed by atoms with E-state index in [-0.39, 0.29) is 18.0 Å². The van der Waals surface area contributed by atoms with Crippen LogP contribution < -0.4 is 5.32 Å². The van der Waals surface area contributed by atoms with Crippen LogP contribution in [0.2, 0.25) is 0 Å². The van der Waals surface area contributed by atoms with Crippen LogP contribution >= 0.6 is 11.8 Å². The van der Waals surface area contributed by atoms with E-state index in [0.29, 0.717) is 5.92 Å². The Morgan fingerprint density at radius 3 is 2.75 bits per heavy atom. The predicted octanol–water partition coefficient (Wildman–Crippen LogP) is 2.71. The summed E-state index contributed by atoms with van der Waals surface area (Å²) in [5.41, 5.74) is 1.19. The molecule has 0 radical (unpaired) electrons. The van der Waals surface area contributed by atoms with Crippen molar-refractivity contribution in [3.05, 3.63) is 35.9 Å². The minimum atomic E-state index is -0.0584. The van der Waals surface area contributed by atoms with E-state index in [2.05, 4.69) is 22.3 Å². The molecule has 2 aliphatic heterocycles. The van der Waals surface area contributed by atoms with Crippen LogP contribution in [0.25, 0.3) is 0 Å². The van der Waals surface area contributed by atoms with Gasteiger partial charge in [0.15, 0.2) is 0 Å². The fraction of sp³-hybridized carbons (Fsp3) is 0.632. The molecule has 2 fully saturated rings. The molecule has 2 saturated heterocycles. The Balaban J connectivity index is 1.64. The second-order valence-electron chi connectivity index (χ2n) is 6.76. The second kappa shape index (κ2) is 8.88. The maximum Gasteiger partial charge on any atom is 0.237 e. The molecule has 0 spiro atoms. The summed E-state index contributed by atoms with van der Waals surface area (Å²) in [7, 11) is 0. The van der Waals surface area contributed by atoms with Crippen molar-refractivity contribution in [2.75, 3.05) is 37.8 Å². The van der Waals surface area contributed by atoms with Crippen molar-refractivity contribution in [3.63, 3.8) is 0 Å². The van der Waals surface area contributed by atoms with E-state index in [0.717, 1.165) is 50.7 Å². The van der Waals surface area contributed by atoms with E-state index in [1.54, 1.807) is 0 Å². The van der Waals surface area contributed by atoms with Gasteiger partial charge in [-0.3, -0.25) is 9.69 Å². The molecule has 3 atom stereocenters. The maximum absolute atomic E-state index is 12.8. The average molecular weight is 349 g/mol. The van der Waals surface area contributed by atoms with Crippen LogP contribution in [0, 0.1) is 5.92 Å². The highest BCUT2D eigenvalue weighted by Gasteiger charge is 2.27. The van der Waals surface area contributed by atoms with Crippen LogP contribution in [0.4, 0.5) is 0 Å². The molecule has 24 heavy (non-hydrogen) atoms. The molecule has 0 bridgehead atoms. The standard InChI is InChI=1S/C19H28N2O2S/c1-15(21-8-11-24-12-9-21)19(22)20-18(13-16-7-10-23-14-16)17-5-3-2-4-6-17/h2-6,15-16,18H,7-14H2,1H3,(H,20,22)/t15-,16-,18+/m0/s1. The fourth-order valence-corrected chi connectivity index (χ4v) is 4.42. The van der Waals surface area contributed by atoms with Crippen LogP contribution in [0.15, 0.2) is 30.3 Å². The molecule has 0 aliphatic carbocycles. The number of carbonyl (C=O) groups is 1. The van der Waals surface area contributed by atoms with E-state index in [1.165, 1.54) is 5.56 Å². The Morgan fingerprint density at radius 2 is 2.08 bits per heavy atom. The van der Waals surface area contributed by atoms with E-state index >= 15 is 0 Å². The molecule has 1 aromatic rings. The zero-order valence-corrected chi connectivity index (χ0v) is 15.3. The summed E-state index contributed by atoms with van der Waals surface area (Å²) in [4.78, 5) is 15.1. The summed E-state index contributed by atoms with van der Waals surface area (Å²) >= 11 is 1.97. The summed E-state index contributed by atoms with van der Waals surface area (Å²) < 4.78 is 5.52. The van der Waals surface area contributed by atoms with Gasteiger partial charge in [-0.1, -0.05) is 30.3 Å². The molecule has 132 valence electrons. The Hall–Kier alpha value is -1.04.